The molecule has 0 fully saturated rings. The molecule has 2 aromatic heterocycles. The highest BCUT2D eigenvalue weighted by Crippen LogP contribution is 2.62. The summed E-state index contributed by atoms with van der Waals surface area (Å²) in [6.07, 6.45) is 3.85. The van der Waals surface area contributed by atoms with E-state index in [2.05, 4.69) is 146 Å². The van der Waals surface area contributed by atoms with Gasteiger partial charge < -0.3 is 0 Å². The molecule has 0 atom stereocenters. The molecular weight excluding hydrogens is 717 g/mol. The molecule has 0 saturated carbocycles. The first-order chi connectivity index (χ1) is 29.1. The van der Waals surface area contributed by atoms with E-state index in [0.29, 0.717) is 11.1 Å². The van der Waals surface area contributed by atoms with Gasteiger partial charge in [0.05, 0.1) is 40.1 Å². The van der Waals surface area contributed by atoms with Crippen molar-refractivity contribution in [2.75, 3.05) is 0 Å². The molecule has 11 rings (SSSR count). The van der Waals surface area contributed by atoms with E-state index in [1.807, 2.05) is 60.9 Å². The van der Waals surface area contributed by atoms with Gasteiger partial charge in [0.1, 0.15) is 0 Å². The molecule has 0 radical (unpaired) electrons. The van der Waals surface area contributed by atoms with Gasteiger partial charge in [-0.2, -0.15) is 10.5 Å². The van der Waals surface area contributed by atoms with Crippen LogP contribution in [0.5, 0.6) is 0 Å². The number of fused-ring (bicyclic) bond motifs is 12. The van der Waals surface area contributed by atoms with Crippen molar-refractivity contribution < 1.29 is 0 Å². The van der Waals surface area contributed by atoms with Crippen molar-refractivity contribution in [1.82, 2.24) is 9.97 Å². The van der Waals surface area contributed by atoms with Crippen LogP contribution in [0.3, 0.4) is 0 Å². The Morgan fingerprint density at radius 3 is 1.07 bits per heavy atom. The fourth-order valence-electron chi connectivity index (χ4n) is 9.36. The van der Waals surface area contributed by atoms with Gasteiger partial charge in [0.15, 0.2) is 0 Å². The second-order valence-electron chi connectivity index (χ2n) is 15.2. The number of nitrogens with zero attached hydrogens (tertiary/aromatic N) is 4. The third-order valence-electron chi connectivity index (χ3n) is 12.1. The SMILES string of the molecule is N#Cc1ccc(-c2ccc(-c3ccc4c(c3)C3(c5cc(-c6ccc(-c7ccc(C#N)cc7)cn6)ccc5-c5ccccc5-4)c4ccccc4-c4ccccc43)nc2)cc1. The molecule has 9 aromatic rings. The Bertz CT molecular complexity index is 2980. The third-order valence-corrected chi connectivity index (χ3v) is 12.1. The minimum atomic E-state index is -0.673. The number of hydrogen-bond acceptors (Lipinski definition) is 4. The van der Waals surface area contributed by atoms with Gasteiger partial charge in [0, 0.05) is 34.6 Å². The summed E-state index contributed by atoms with van der Waals surface area (Å²) in [6.45, 7) is 0. The molecule has 272 valence electrons. The first-order valence-electron chi connectivity index (χ1n) is 19.7. The predicted octanol–water partition coefficient (Wildman–Crippen LogP) is 12.9. The molecule has 59 heavy (non-hydrogen) atoms. The zero-order valence-corrected chi connectivity index (χ0v) is 31.8. The van der Waals surface area contributed by atoms with Crippen molar-refractivity contribution in [1.29, 1.82) is 10.5 Å². The quantitative estimate of drug-likeness (QED) is 0.180. The zero-order chi connectivity index (χ0) is 39.5. The summed E-state index contributed by atoms with van der Waals surface area (Å²) in [5.74, 6) is 0. The molecule has 0 N–H and O–H groups in total. The van der Waals surface area contributed by atoms with Crippen molar-refractivity contribution in [2.24, 2.45) is 0 Å². The summed E-state index contributed by atoms with van der Waals surface area (Å²) >= 11 is 0. The van der Waals surface area contributed by atoms with E-state index >= 15 is 0 Å². The number of pyridine rings is 2. The van der Waals surface area contributed by atoms with Crippen molar-refractivity contribution in [3.63, 3.8) is 0 Å². The zero-order valence-electron chi connectivity index (χ0n) is 31.8. The maximum absolute atomic E-state index is 9.31. The molecule has 7 aromatic carbocycles. The van der Waals surface area contributed by atoms with Gasteiger partial charge >= 0.3 is 0 Å². The summed E-state index contributed by atoms with van der Waals surface area (Å²) in [4.78, 5) is 10.1. The van der Waals surface area contributed by atoms with Crippen molar-refractivity contribution in [3.8, 4) is 90.3 Å². The Morgan fingerprint density at radius 1 is 0.322 bits per heavy atom. The van der Waals surface area contributed by atoms with E-state index in [1.54, 1.807) is 0 Å². The highest BCUT2D eigenvalue weighted by atomic mass is 14.7. The second kappa shape index (κ2) is 13.5. The van der Waals surface area contributed by atoms with Crippen molar-refractivity contribution in [2.45, 2.75) is 5.41 Å². The van der Waals surface area contributed by atoms with Crippen LogP contribution in [0.15, 0.2) is 194 Å². The molecule has 4 nitrogen and oxygen atoms in total. The van der Waals surface area contributed by atoms with E-state index in [0.717, 1.165) is 44.8 Å². The van der Waals surface area contributed by atoms with Gasteiger partial charge in [-0.15, -0.1) is 0 Å². The lowest BCUT2D eigenvalue weighted by Gasteiger charge is -2.36. The average molecular weight is 749 g/mol. The maximum Gasteiger partial charge on any atom is 0.0991 e. The van der Waals surface area contributed by atoms with Crippen LogP contribution in [0, 0.1) is 22.7 Å². The van der Waals surface area contributed by atoms with Gasteiger partial charge in [0.25, 0.3) is 0 Å². The maximum atomic E-state index is 9.31. The summed E-state index contributed by atoms with van der Waals surface area (Å²) in [7, 11) is 0. The van der Waals surface area contributed by atoms with Crippen molar-refractivity contribution >= 4 is 0 Å². The highest BCUT2D eigenvalue weighted by Gasteiger charge is 2.50. The Morgan fingerprint density at radius 2 is 0.678 bits per heavy atom. The predicted molar refractivity (Wildman–Crippen MR) is 235 cm³/mol. The van der Waals surface area contributed by atoms with Crippen LogP contribution in [0.4, 0.5) is 0 Å². The van der Waals surface area contributed by atoms with E-state index in [9.17, 15) is 10.5 Å². The molecule has 2 aliphatic rings. The summed E-state index contributed by atoms with van der Waals surface area (Å²) in [6, 6.07) is 68.4. The normalized spacial score (nSPS) is 12.5. The number of nitriles is 2. The summed E-state index contributed by atoms with van der Waals surface area (Å²) < 4.78 is 0. The highest BCUT2D eigenvalue weighted by molar-refractivity contribution is 5.98. The van der Waals surface area contributed by atoms with Crippen LogP contribution >= 0.6 is 0 Å². The van der Waals surface area contributed by atoms with Crippen LogP contribution in [0.25, 0.3) is 78.1 Å². The smallest absolute Gasteiger partial charge is 0.0991 e. The third kappa shape index (κ3) is 5.29. The number of aromatic nitrogens is 2. The van der Waals surface area contributed by atoms with E-state index in [4.69, 9.17) is 9.97 Å². The van der Waals surface area contributed by atoms with E-state index in [-0.39, 0.29) is 0 Å². The first-order valence-corrected chi connectivity index (χ1v) is 19.7. The Labute approximate surface area is 342 Å². The molecule has 0 aliphatic heterocycles. The Kier molecular flexibility index (Phi) is 7.80. The van der Waals surface area contributed by atoms with Crippen LogP contribution in [-0.4, -0.2) is 9.97 Å². The number of hydrogen-bond donors (Lipinski definition) is 0. The molecule has 1 spiro atoms. The lowest BCUT2D eigenvalue weighted by molar-refractivity contribution is 0.776. The molecule has 0 amide bonds. The molecule has 2 aliphatic carbocycles. The monoisotopic (exact) mass is 748 g/mol. The summed E-state index contributed by atoms with van der Waals surface area (Å²) in [5.41, 5.74) is 20.6. The molecule has 4 heteroatoms. The van der Waals surface area contributed by atoms with Crippen LogP contribution in [0.2, 0.25) is 0 Å². The second-order valence-corrected chi connectivity index (χ2v) is 15.2. The number of rotatable bonds is 4. The molecule has 0 unspecified atom stereocenters. The van der Waals surface area contributed by atoms with Crippen LogP contribution < -0.4 is 0 Å². The van der Waals surface area contributed by atoms with Gasteiger partial charge in [-0.3, -0.25) is 9.97 Å². The standard InChI is InChI=1S/C55H32N4/c56-31-35-13-17-37(18-14-35)41-23-27-53(58-33-41)39-21-25-47-43-7-1-2-8-44(43)48-26-22-40(54-28-24-42(34-59-54)38-19-15-36(32-57)16-20-38)30-52(48)55(51(47)29-39)49-11-5-3-9-45(49)46-10-4-6-12-50(46)55/h1-30,33-34H. The van der Waals surface area contributed by atoms with Crippen LogP contribution in [-0.2, 0) is 5.41 Å². The van der Waals surface area contributed by atoms with Gasteiger partial charge in [-0.1, -0.05) is 133 Å². The average Bonchev–Trinajstić information content (AvgIpc) is 3.56. The van der Waals surface area contributed by atoms with Crippen molar-refractivity contribution in [3.05, 3.63) is 228 Å². The molecule has 0 bridgehead atoms. The van der Waals surface area contributed by atoms with Gasteiger partial charge in [-0.05, 0) is 115 Å². The fraction of sp³-hybridized carbons (Fsp3) is 0.0182. The summed E-state index contributed by atoms with van der Waals surface area (Å²) in [5, 5.41) is 18.6. The topological polar surface area (TPSA) is 73.4 Å². The van der Waals surface area contributed by atoms with Gasteiger partial charge in [-0.25, -0.2) is 0 Å². The van der Waals surface area contributed by atoms with E-state index in [1.165, 1.54) is 55.6 Å². The lowest BCUT2D eigenvalue weighted by atomic mass is 9.65. The molecule has 2 heterocycles. The Balaban J connectivity index is 1.14. The Hall–Kier alpha value is -8.18. The minimum Gasteiger partial charge on any atom is -0.256 e. The van der Waals surface area contributed by atoms with Gasteiger partial charge in [0.2, 0.25) is 0 Å². The molecular formula is C55H32N4. The van der Waals surface area contributed by atoms with Crippen LogP contribution in [0.1, 0.15) is 33.4 Å². The number of benzene rings is 7. The minimum absolute atomic E-state index is 0.636. The van der Waals surface area contributed by atoms with E-state index < -0.39 is 5.41 Å². The first kappa shape index (κ1) is 34.1. The molecule has 0 saturated heterocycles. The lowest BCUT2D eigenvalue weighted by Crippen LogP contribution is -2.29. The fourth-order valence-corrected chi connectivity index (χ4v) is 9.36. The largest absolute Gasteiger partial charge is 0.256 e.